The summed E-state index contributed by atoms with van der Waals surface area (Å²) >= 11 is 1.78. The average molecular weight is 375 g/mol. The molecule has 0 radical (unpaired) electrons. The Hall–Kier alpha value is -1.92. The lowest BCUT2D eigenvalue weighted by atomic mass is 9.98. The first-order valence-corrected chi connectivity index (χ1v) is 10.1. The first-order valence-electron chi connectivity index (χ1n) is 9.17. The molecule has 1 aromatic heterocycles. The number of hydrogen-bond donors (Lipinski definition) is 1. The molecule has 0 saturated carbocycles. The summed E-state index contributed by atoms with van der Waals surface area (Å²) in [6, 6.07) is 6.80. The molecule has 2 aromatic rings. The second kappa shape index (κ2) is 8.64. The van der Waals surface area contributed by atoms with Crippen molar-refractivity contribution in [1.82, 2.24) is 9.88 Å². The van der Waals surface area contributed by atoms with E-state index in [0.29, 0.717) is 24.2 Å². The zero-order valence-corrected chi connectivity index (χ0v) is 16.2. The number of thiazole rings is 1. The molecule has 5 nitrogen and oxygen atoms in total. The fraction of sp³-hybridized carbons (Fsp3) is 0.500. The molecule has 1 unspecified atom stereocenters. The molecule has 1 atom stereocenters. The van der Waals surface area contributed by atoms with E-state index < -0.39 is 5.97 Å². The molecular formula is C20H26N2O3S. The molecule has 1 fully saturated rings. The van der Waals surface area contributed by atoms with Gasteiger partial charge in [-0.2, -0.15) is 0 Å². The summed E-state index contributed by atoms with van der Waals surface area (Å²) < 4.78 is 5.74. The zero-order valence-electron chi connectivity index (χ0n) is 15.4. The largest absolute Gasteiger partial charge is 0.491 e. The molecule has 6 heteroatoms. The number of likely N-dealkylation sites (tertiary alicyclic amines) is 1. The van der Waals surface area contributed by atoms with Crippen LogP contribution >= 0.6 is 11.3 Å². The lowest BCUT2D eigenvalue weighted by molar-refractivity contribution is 0.0691. The van der Waals surface area contributed by atoms with Crippen molar-refractivity contribution in [3.05, 3.63) is 45.9 Å². The van der Waals surface area contributed by atoms with Crippen molar-refractivity contribution in [1.29, 1.82) is 0 Å². The standard InChI is InChI=1S/C20H26N2O3S/c1-14(2)17-13-26-19(21-17)15-6-5-9-22(12-15)10-11-25-18-8-4-3-7-16(18)20(23)24/h3-4,7-8,13-15H,5-6,9-12H2,1-2H3,(H,23,24). The van der Waals surface area contributed by atoms with Crippen LogP contribution in [0.4, 0.5) is 0 Å². The van der Waals surface area contributed by atoms with E-state index in [-0.39, 0.29) is 5.56 Å². The van der Waals surface area contributed by atoms with Gasteiger partial charge in [-0.15, -0.1) is 11.3 Å². The smallest absolute Gasteiger partial charge is 0.339 e. The number of rotatable bonds is 7. The molecule has 0 spiro atoms. The van der Waals surface area contributed by atoms with E-state index in [4.69, 9.17) is 9.72 Å². The third kappa shape index (κ3) is 4.62. The minimum absolute atomic E-state index is 0.216. The molecule has 0 amide bonds. The monoisotopic (exact) mass is 374 g/mol. The number of piperidine rings is 1. The maximum absolute atomic E-state index is 11.2. The molecular weight excluding hydrogens is 348 g/mol. The van der Waals surface area contributed by atoms with Gasteiger partial charge in [-0.3, -0.25) is 4.90 Å². The normalized spacial score (nSPS) is 18.2. The van der Waals surface area contributed by atoms with E-state index in [1.54, 1.807) is 35.6 Å². The summed E-state index contributed by atoms with van der Waals surface area (Å²) in [6.07, 6.45) is 2.34. The van der Waals surface area contributed by atoms with Crippen molar-refractivity contribution in [2.75, 3.05) is 26.2 Å². The predicted molar refractivity (Wildman–Crippen MR) is 104 cm³/mol. The minimum Gasteiger partial charge on any atom is -0.491 e. The zero-order chi connectivity index (χ0) is 18.5. The van der Waals surface area contributed by atoms with Crippen LogP contribution in [0, 0.1) is 0 Å². The molecule has 0 aliphatic carbocycles. The Morgan fingerprint density at radius 3 is 2.96 bits per heavy atom. The maximum atomic E-state index is 11.2. The summed E-state index contributed by atoms with van der Waals surface area (Å²) in [5.41, 5.74) is 1.41. The summed E-state index contributed by atoms with van der Waals surface area (Å²) in [4.78, 5) is 18.5. The van der Waals surface area contributed by atoms with Gasteiger partial charge in [-0.05, 0) is 37.4 Å². The van der Waals surface area contributed by atoms with Crippen molar-refractivity contribution in [2.24, 2.45) is 0 Å². The molecule has 1 aliphatic rings. The summed E-state index contributed by atoms with van der Waals surface area (Å²) in [7, 11) is 0. The number of carboxylic acids is 1. The van der Waals surface area contributed by atoms with Crippen molar-refractivity contribution in [3.8, 4) is 5.75 Å². The van der Waals surface area contributed by atoms with Gasteiger partial charge in [0.1, 0.15) is 17.9 Å². The number of aromatic carboxylic acids is 1. The van der Waals surface area contributed by atoms with Crippen molar-refractivity contribution in [2.45, 2.75) is 38.5 Å². The lowest BCUT2D eigenvalue weighted by Crippen LogP contribution is -2.37. The summed E-state index contributed by atoms with van der Waals surface area (Å²) in [5, 5.41) is 12.7. The first-order chi connectivity index (χ1) is 12.5. The van der Waals surface area contributed by atoms with Crippen LogP contribution in [0.2, 0.25) is 0 Å². The number of hydrogen-bond acceptors (Lipinski definition) is 5. The van der Waals surface area contributed by atoms with E-state index in [9.17, 15) is 9.90 Å². The Balaban J connectivity index is 1.53. The molecule has 1 aliphatic heterocycles. The topological polar surface area (TPSA) is 62.7 Å². The van der Waals surface area contributed by atoms with Crippen molar-refractivity contribution in [3.63, 3.8) is 0 Å². The number of para-hydroxylation sites is 1. The van der Waals surface area contributed by atoms with Gasteiger partial charge in [-0.25, -0.2) is 9.78 Å². The highest BCUT2D eigenvalue weighted by atomic mass is 32.1. The van der Waals surface area contributed by atoms with Crippen LogP contribution in [-0.2, 0) is 0 Å². The quantitative estimate of drug-likeness (QED) is 0.786. The van der Waals surface area contributed by atoms with Crippen LogP contribution in [-0.4, -0.2) is 47.2 Å². The maximum Gasteiger partial charge on any atom is 0.339 e. The van der Waals surface area contributed by atoms with Crippen LogP contribution in [0.5, 0.6) is 5.75 Å². The SMILES string of the molecule is CC(C)c1csc(C2CCCN(CCOc3ccccc3C(=O)O)C2)n1. The van der Waals surface area contributed by atoms with Gasteiger partial charge in [0.05, 0.1) is 10.7 Å². The highest BCUT2D eigenvalue weighted by molar-refractivity contribution is 7.09. The number of aromatic nitrogens is 1. The predicted octanol–water partition coefficient (Wildman–Crippen LogP) is 4.22. The number of carboxylic acid groups (broad SMARTS) is 1. The molecule has 26 heavy (non-hydrogen) atoms. The van der Waals surface area contributed by atoms with Gasteiger partial charge >= 0.3 is 5.97 Å². The van der Waals surface area contributed by atoms with Gasteiger partial charge in [0, 0.05) is 24.4 Å². The molecule has 1 saturated heterocycles. The summed E-state index contributed by atoms with van der Waals surface area (Å²) in [6.45, 7) is 7.70. The van der Waals surface area contributed by atoms with Crippen molar-refractivity contribution < 1.29 is 14.6 Å². The van der Waals surface area contributed by atoms with Crippen molar-refractivity contribution >= 4 is 17.3 Å². The Labute approximate surface area is 158 Å². The van der Waals surface area contributed by atoms with Gasteiger partial charge in [0.2, 0.25) is 0 Å². The van der Waals surface area contributed by atoms with E-state index in [2.05, 4.69) is 24.1 Å². The Kier molecular flexibility index (Phi) is 6.27. The van der Waals surface area contributed by atoms with Crippen LogP contribution in [0.3, 0.4) is 0 Å². The van der Waals surface area contributed by atoms with Crippen LogP contribution in [0.1, 0.15) is 59.6 Å². The number of ether oxygens (including phenoxy) is 1. The number of nitrogens with zero attached hydrogens (tertiary/aromatic N) is 2. The second-order valence-electron chi connectivity index (χ2n) is 7.05. The van der Waals surface area contributed by atoms with E-state index >= 15 is 0 Å². The van der Waals surface area contributed by atoms with Gasteiger partial charge in [0.15, 0.2) is 0 Å². The molecule has 1 aromatic carbocycles. The second-order valence-corrected chi connectivity index (χ2v) is 7.94. The summed E-state index contributed by atoms with van der Waals surface area (Å²) in [5.74, 6) is 0.452. The number of benzene rings is 1. The van der Waals surface area contributed by atoms with Gasteiger partial charge < -0.3 is 9.84 Å². The molecule has 3 rings (SSSR count). The molecule has 1 N–H and O–H groups in total. The van der Waals surface area contributed by atoms with E-state index in [1.807, 2.05) is 0 Å². The molecule has 0 bridgehead atoms. The fourth-order valence-corrected chi connectivity index (χ4v) is 4.38. The Bertz CT molecular complexity index is 744. The Morgan fingerprint density at radius 1 is 1.42 bits per heavy atom. The van der Waals surface area contributed by atoms with Crippen LogP contribution in [0.25, 0.3) is 0 Å². The van der Waals surface area contributed by atoms with Gasteiger partial charge in [0.25, 0.3) is 0 Å². The van der Waals surface area contributed by atoms with E-state index in [0.717, 1.165) is 26.1 Å². The highest BCUT2D eigenvalue weighted by Gasteiger charge is 2.24. The fourth-order valence-electron chi connectivity index (χ4n) is 3.27. The van der Waals surface area contributed by atoms with Gasteiger partial charge in [-0.1, -0.05) is 26.0 Å². The molecule has 2 heterocycles. The average Bonchev–Trinajstić information content (AvgIpc) is 3.13. The molecule has 140 valence electrons. The van der Waals surface area contributed by atoms with Crippen LogP contribution in [0.15, 0.2) is 29.6 Å². The first kappa shape index (κ1) is 18.9. The third-order valence-electron chi connectivity index (χ3n) is 4.77. The third-order valence-corrected chi connectivity index (χ3v) is 5.79. The lowest BCUT2D eigenvalue weighted by Gasteiger charge is -2.31. The Morgan fingerprint density at radius 2 is 2.23 bits per heavy atom. The number of carbonyl (C=O) groups is 1. The minimum atomic E-state index is -0.955. The van der Waals surface area contributed by atoms with E-state index in [1.165, 1.54) is 17.1 Å². The highest BCUT2D eigenvalue weighted by Crippen LogP contribution is 2.30. The van der Waals surface area contributed by atoms with Crippen LogP contribution < -0.4 is 4.74 Å².